The molecule has 1 aromatic carbocycles. The summed E-state index contributed by atoms with van der Waals surface area (Å²) in [6.45, 7) is 2.87. The Morgan fingerprint density at radius 1 is 1.41 bits per heavy atom. The van der Waals surface area contributed by atoms with Crippen LogP contribution in [0.4, 0.5) is 0 Å². The Bertz CT molecular complexity index is 470. The lowest BCUT2D eigenvalue weighted by molar-refractivity contribution is -0.132. The highest BCUT2D eigenvalue weighted by molar-refractivity contribution is 7.47. The quantitative estimate of drug-likeness (QED) is 0.506. The average Bonchev–Trinajstić information content (AvgIpc) is 2.22. The minimum atomic E-state index is -4.18. The Labute approximate surface area is 98.7 Å². The first kappa shape index (κ1) is 13.7. The summed E-state index contributed by atoms with van der Waals surface area (Å²) in [5.41, 5.74) is 0.551. The first-order chi connectivity index (χ1) is 7.85. The number of hydrogen-bond acceptors (Lipinski definition) is 5. The standard InChI is InChI=1S/C10H13O6P/c1-7-5-4-6-9(15-8(2)11)10(7)16-17(12,13)14-3/h4-6H,1-3H3,(H,12,13). The van der Waals surface area contributed by atoms with Crippen molar-refractivity contribution in [1.29, 1.82) is 0 Å². The number of rotatable bonds is 4. The molecule has 6 nitrogen and oxygen atoms in total. The normalized spacial score (nSPS) is 13.9. The van der Waals surface area contributed by atoms with Gasteiger partial charge in [0.2, 0.25) is 0 Å². The molecule has 1 unspecified atom stereocenters. The Balaban J connectivity index is 3.12. The Morgan fingerprint density at radius 2 is 2.06 bits per heavy atom. The van der Waals surface area contributed by atoms with Gasteiger partial charge in [-0.25, -0.2) is 4.57 Å². The van der Waals surface area contributed by atoms with E-state index in [9.17, 15) is 14.3 Å². The van der Waals surface area contributed by atoms with Crippen molar-refractivity contribution in [3.8, 4) is 11.5 Å². The highest BCUT2D eigenvalue weighted by atomic mass is 31.2. The Hall–Kier alpha value is -1.36. The maximum absolute atomic E-state index is 11.3. The molecule has 0 amide bonds. The predicted molar refractivity (Wildman–Crippen MR) is 60.0 cm³/mol. The van der Waals surface area contributed by atoms with Crippen molar-refractivity contribution < 1.29 is 28.0 Å². The minimum absolute atomic E-state index is 0.00961. The number of carbonyl (C=O) groups is 1. The highest BCUT2D eigenvalue weighted by Gasteiger charge is 2.24. The summed E-state index contributed by atoms with van der Waals surface area (Å²) in [6.07, 6.45) is 0. The zero-order valence-corrected chi connectivity index (χ0v) is 10.6. The number of ether oxygens (including phenoxy) is 1. The number of aryl methyl sites for hydroxylation is 1. The zero-order valence-electron chi connectivity index (χ0n) is 9.67. The number of benzene rings is 1. The third-order valence-corrected chi connectivity index (χ3v) is 2.74. The number of hydrogen-bond donors (Lipinski definition) is 1. The smallest absolute Gasteiger partial charge is 0.423 e. The van der Waals surface area contributed by atoms with Gasteiger partial charge >= 0.3 is 13.8 Å². The SMILES string of the molecule is COP(=O)(O)Oc1c(C)cccc1OC(C)=O. The minimum Gasteiger partial charge on any atom is -0.423 e. The molecule has 0 aliphatic carbocycles. The fourth-order valence-electron chi connectivity index (χ4n) is 1.13. The van der Waals surface area contributed by atoms with E-state index in [0.29, 0.717) is 5.56 Å². The molecular formula is C10H13O6P. The third kappa shape index (κ3) is 3.85. The molecular weight excluding hydrogens is 247 g/mol. The van der Waals surface area contributed by atoms with E-state index < -0.39 is 13.8 Å². The van der Waals surface area contributed by atoms with E-state index in [2.05, 4.69) is 4.52 Å². The lowest BCUT2D eigenvalue weighted by atomic mass is 10.2. The van der Waals surface area contributed by atoms with E-state index in [4.69, 9.17) is 9.26 Å². The molecule has 0 saturated carbocycles. The lowest BCUT2D eigenvalue weighted by Gasteiger charge is -2.15. The van der Waals surface area contributed by atoms with Gasteiger partial charge in [0, 0.05) is 14.0 Å². The van der Waals surface area contributed by atoms with Crippen molar-refractivity contribution >= 4 is 13.8 Å². The summed E-state index contributed by atoms with van der Waals surface area (Å²) in [5, 5.41) is 0. The Morgan fingerprint density at radius 3 is 2.59 bits per heavy atom. The van der Waals surface area contributed by atoms with Crippen molar-refractivity contribution in [2.24, 2.45) is 0 Å². The fourth-order valence-corrected chi connectivity index (χ4v) is 1.67. The number of phosphoric ester groups is 1. The fraction of sp³-hybridized carbons (Fsp3) is 0.300. The van der Waals surface area contributed by atoms with Crippen LogP contribution in [0, 0.1) is 6.92 Å². The molecule has 0 aliphatic heterocycles. The van der Waals surface area contributed by atoms with Gasteiger partial charge in [-0.2, -0.15) is 0 Å². The summed E-state index contributed by atoms with van der Waals surface area (Å²) in [7, 11) is -3.14. The van der Waals surface area contributed by atoms with E-state index in [-0.39, 0.29) is 11.5 Å². The maximum atomic E-state index is 11.3. The molecule has 94 valence electrons. The van der Waals surface area contributed by atoms with Crippen LogP contribution >= 0.6 is 7.82 Å². The van der Waals surface area contributed by atoms with Crippen molar-refractivity contribution in [3.63, 3.8) is 0 Å². The molecule has 0 fully saturated rings. The van der Waals surface area contributed by atoms with Gasteiger partial charge in [0.05, 0.1) is 0 Å². The summed E-state index contributed by atoms with van der Waals surface area (Å²) in [6, 6.07) is 4.74. The maximum Gasteiger partial charge on any atom is 0.527 e. The Kier molecular flexibility index (Phi) is 4.28. The number of carbonyl (C=O) groups excluding carboxylic acids is 1. The van der Waals surface area contributed by atoms with Gasteiger partial charge in [-0.1, -0.05) is 12.1 Å². The highest BCUT2D eigenvalue weighted by Crippen LogP contribution is 2.47. The lowest BCUT2D eigenvalue weighted by Crippen LogP contribution is -2.04. The van der Waals surface area contributed by atoms with Crippen LogP contribution in [-0.4, -0.2) is 18.0 Å². The molecule has 1 atom stereocenters. The van der Waals surface area contributed by atoms with E-state index in [0.717, 1.165) is 7.11 Å². The van der Waals surface area contributed by atoms with Crippen LogP contribution in [0.5, 0.6) is 11.5 Å². The van der Waals surface area contributed by atoms with Crippen LogP contribution in [0.25, 0.3) is 0 Å². The largest absolute Gasteiger partial charge is 0.527 e. The molecule has 7 heteroatoms. The van der Waals surface area contributed by atoms with Crippen LogP contribution in [0.2, 0.25) is 0 Å². The number of para-hydroxylation sites is 1. The van der Waals surface area contributed by atoms with Crippen molar-refractivity contribution in [2.45, 2.75) is 13.8 Å². The van der Waals surface area contributed by atoms with Gasteiger partial charge in [0.1, 0.15) is 0 Å². The first-order valence-corrected chi connectivity index (χ1v) is 6.21. The molecule has 17 heavy (non-hydrogen) atoms. The van der Waals surface area contributed by atoms with Gasteiger partial charge in [-0.3, -0.25) is 14.2 Å². The number of esters is 1. The second-order valence-electron chi connectivity index (χ2n) is 3.24. The zero-order chi connectivity index (χ0) is 13.1. The molecule has 0 bridgehead atoms. The molecule has 0 aliphatic rings. The molecule has 1 N–H and O–H groups in total. The second-order valence-corrected chi connectivity index (χ2v) is 4.72. The first-order valence-electron chi connectivity index (χ1n) is 4.72. The predicted octanol–water partition coefficient (Wildman–Crippen LogP) is 2.05. The van der Waals surface area contributed by atoms with E-state index >= 15 is 0 Å². The molecule has 1 aromatic rings. The monoisotopic (exact) mass is 260 g/mol. The average molecular weight is 260 g/mol. The number of phosphoric acid groups is 1. The van der Waals surface area contributed by atoms with Crippen molar-refractivity contribution in [1.82, 2.24) is 0 Å². The molecule has 0 radical (unpaired) electrons. The van der Waals surface area contributed by atoms with Gasteiger partial charge in [0.15, 0.2) is 11.5 Å². The van der Waals surface area contributed by atoms with Crippen molar-refractivity contribution in [3.05, 3.63) is 23.8 Å². The van der Waals surface area contributed by atoms with Crippen LogP contribution in [0.1, 0.15) is 12.5 Å². The summed E-state index contributed by atoms with van der Waals surface area (Å²) >= 11 is 0. The second kappa shape index (κ2) is 5.31. The molecule has 0 saturated heterocycles. The van der Waals surface area contributed by atoms with E-state index in [1.165, 1.54) is 13.0 Å². The molecule has 0 heterocycles. The summed E-state index contributed by atoms with van der Waals surface area (Å²) < 4.78 is 25.3. The third-order valence-electron chi connectivity index (χ3n) is 1.87. The molecule has 0 spiro atoms. The van der Waals surface area contributed by atoms with Crippen molar-refractivity contribution in [2.75, 3.05) is 7.11 Å². The van der Waals surface area contributed by atoms with Gasteiger partial charge in [-0.05, 0) is 18.6 Å². The van der Waals surface area contributed by atoms with Gasteiger partial charge < -0.3 is 9.26 Å². The van der Waals surface area contributed by atoms with Gasteiger partial charge in [-0.15, -0.1) is 0 Å². The van der Waals surface area contributed by atoms with E-state index in [1.54, 1.807) is 19.1 Å². The van der Waals surface area contributed by atoms with Gasteiger partial charge in [0.25, 0.3) is 0 Å². The summed E-state index contributed by atoms with van der Waals surface area (Å²) in [4.78, 5) is 20.1. The van der Waals surface area contributed by atoms with Crippen LogP contribution < -0.4 is 9.26 Å². The summed E-state index contributed by atoms with van der Waals surface area (Å²) in [5.74, 6) is -0.468. The van der Waals surface area contributed by atoms with Crippen LogP contribution in [0.3, 0.4) is 0 Å². The van der Waals surface area contributed by atoms with Crippen LogP contribution in [-0.2, 0) is 13.9 Å². The van der Waals surface area contributed by atoms with Crippen LogP contribution in [0.15, 0.2) is 18.2 Å². The van der Waals surface area contributed by atoms with E-state index in [1.807, 2.05) is 0 Å². The molecule has 1 rings (SSSR count). The topological polar surface area (TPSA) is 82.1 Å². The molecule has 0 aromatic heterocycles.